The third kappa shape index (κ3) is 2.95. The molecular formula is C12H14N2O2S2. The van der Waals surface area contributed by atoms with Crippen LogP contribution in [-0.4, -0.2) is 16.1 Å². The van der Waals surface area contributed by atoms with E-state index in [1.54, 1.807) is 23.6 Å². The number of nitrogens with one attached hydrogen (secondary N) is 1. The Morgan fingerprint density at radius 1 is 1.61 bits per heavy atom. The zero-order chi connectivity index (χ0) is 13.1. The first-order chi connectivity index (χ1) is 8.58. The third-order valence-electron chi connectivity index (χ3n) is 2.65. The van der Waals surface area contributed by atoms with Gasteiger partial charge in [-0.1, -0.05) is 0 Å². The summed E-state index contributed by atoms with van der Waals surface area (Å²) in [7, 11) is 0. The van der Waals surface area contributed by atoms with Crippen molar-refractivity contribution in [3.05, 3.63) is 38.0 Å². The maximum absolute atomic E-state index is 10.9. The summed E-state index contributed by atoms with van der Waals surface area (Å²) in [5, 5.41) is 15.3. The van der Waals surface area contributed by atoms with Crippen LogP contribution in [0.3, 0.4) is 0 Å². The molecule has 4 nitrogen and oxygen atoms in total. The van der Waals surface area contributed by atoms with E-state index >= 15 is 0 Å². The molecule has 0 aliphatic heterocycles. The highest BCUT2D eigenvalue weighted by molar-refractivity contribution is 7.14. The van der Waals surface area contributed by atoms with Crippen molar-refractivity contribution in [1.82, 2.24) is 10.3 Å². The number of carboxylic acid groups (broad SMARTS) is 1. The molecule has 0 aliphatic carbocycles. The van der Waals surface area contributed by atoms with Crippen LogP contribution in [0, 0.1) is 6.92 Å². The van der Waals surface area contributed by atoms with Crippen molar-refractivity contribution in [2.24, 2.45) is 0 Å². The van der Waals surface area contributed by atoms with Gasteiger partial charge >= 0.3 is 5.97 Å². The van der Waals surface area contributed by atoms with Crippen LogP contribution in [-0.2, 0) is 6.54 Å². The Hall–Kier alpha value is -1.24. The molecule has 2 N–H and O–H groups in total. The standard InChI is InChI=1S/C12H14N2O2S2/c1-7(11-13-3-4-17-11)14-6-9-5-10(12(15)16)18-8(9)2/h3-5,7,14H,6H2,1-2H3,(H,15,16). The van der Waals surface area contributed by atoms with Crippen molar-refractivity contribution in [3.8, 4) is 0 Å². The fraction of sp³-hybridized carbons (Fsp3) is 0.333. The molecule has 0 aliphatic rings. The Balaban J connectivity index is 2.00. The van der Waals surface area contributed by atoms with Crippen LogP contribution < -0.4 is 5.32 Å². The summed E-state index contributed by atoms with van der Waals surface area (Å²) in [6.07, 6.45) is 1.79. The fourth-order valence-electron chi connectivity index (χ4n) is 1.60. The number of carbonyl (C=O) groups is 1. The van der Waals surface area contributed by atoms with Crippen LogP contribution in [0.1, 0.15) is 38.1 Å². The second kappa shape index (κ2) is 5.60. The van der Waals surface area contributed by atoms with E-state index in [9.17, 15) is 4.79 Å². The Kier molecular flexibility index (Phi) is 4.11. The summed E-state index contributed by atoms with van der Waals surface area (Å²) in [5.74, 6) is -0.859. The van der Waals surface area contributed by atoms with Gasteiger partial charge in [0.05, 0.1) is 6.04 Å². The minimum absolute atomic E-state index is 0.178. The zero-order valence-corrected chi connectivity index (χ0v) is 11.8. The van der Waals surface area contributed by atoms with Gasteiger partial charge in [0.15, 0.2) is 0 Å². The molecule has 0 radical (unpaired) electrons. The van der Waals surface area contributed by atoms with Crippen LogP contribution in [0.15, 0.2) is 17.6 Å². The summed E-state index contributed by atoms with van der Waals surface area (Å²) >= 11 is 2.93. The van der Waals surface area contributed by atoms with Crippen molar-refractivity contribution < 1.29 is 9.90 Å². The first kappa shape index (κ1) is 13.2. The van der Waals surface area contributed by atoms with Crippen molar-refractivity contribution in [2.75, 3.05) is 0 Å². The molecular weight excluding hydrogens is 268 g/mol. The molecule has 0 spiro atoms. The number of aromatic nitrogens is 1. The highest BCUT2D eigenvalue weighted by Gasteiger charge is 2.12. The lowest BCUT2D eigenvalue weighted by atomic mass is 10.2. The normalized spacial score (nSPS) is 12.6. The lowest BCUT2D eigenvalue weighted by molar-refractivity contribution is 0.0702. The molecule has 2 rings (SSSR count). The molecule has 0 amide bonds. The molecule has 0 fully saturated rings. The molecule has 0 aromatic carbocycles. The average Bonchev–Trinajstić information content (AvgIpc) is 2.95. The van der Waals surface area contributed by atoms with E-state index in [2.05, 4.69) is 17.2 Å². The quantitative estimate of drug-likeness (QED) is 0.884. The first-order valence-corrected chi connectivity index (χ1v) is 7.23. The molecule has 0 saturated carbocycles. The summed E-state index contributed by atoms with van der Waals surface area (Å²) in [5.41, 5.74) is 1.04. The molecule has 0 bridgehead atoms. The van der Waals surface area contributed by atoms with Crippen LogP contribution in [0.25, 0.3) is 0 Å². The van der Waals surface area contributed by atoms with E-state index in [-0.39, 0.29) is 6.04 Å². The molecule has 96 valence electrons. The Bertz CT molecular complexity index is 534. The maximum atomic E-state index is 10.9. The van der Waals surface area contributed by atoms with Gasteiger partial charge in [0.1, 0.15) is 9.88 Å². The maximum Gasteiger partial charge on any atom is 0.345 e. The number of aryl methyl sites for hydroxylation is 1. The molecule has 2 aromatic rings. The van der Waals surface area contributed by atoms with Gasteiger partial charge < -0.3 is 10.4 Å². The zero-order valence-electron chi connectivity index (χ0n) is 10.1. The van der Waals surface area contributed by atoms with Crippen molar-refractivity contribution in [1.29, 1.82) is 0 Å². The molecule has 1 atom stereocenters. The largest absolute Gasteiger partial charge is 0.477 e. The van der Waals surface area contributed by atoms with Gasteiger partial charge in [0.25, 0.3) is 0 Å². The first-order valence-electron chi connectivity index (χ1n) is 5.53. The van der Waals surface area contributed by atoms with Crippen molar-refractivity contribution in [2.45, 2.75) is 26.4 Å². The van der Waals surface area contributed by atoms with Gasteiger partial charge in [-0.2, -0.15) is 0 Å². The number of thiazole rings is 1. The van der Waals surface area contributed by atoms with Crippen LogP contribution in [0.4, 0.5) is 0 Å². The summed E-state index contributed by atoms with van der Waals surface area (Å²) in [6, 6.07) is 1.92. The second-order valence-electron chi connectivity index (χ2n) is 3.97. The lowest BCUT2D eigenvalue weighted by Crippen LogP contribution is -2.17. The van der Waals surface area contributed by atoms with Gasteiger partial charge in [0, 0.05) is 23.0 Å². The van der Waals surface area contributed by atoms with E-state index in [1.165, 1.54) is 11.3 Å². The number of carboxylic acids is 1. The molecule has 1 unspecified atom stereocenters. The minimum Gasteiger partial charge on any atom is -0.477 e. The van der Waals surface area contributed by atoms with Crippen LogP contribution in [0.5, 0.6) is 0 Å². The molecule has 2 heterocycles. The smallest absolute Gasteiger partial charge is 0.345 e. The summed E-state index contributed by atoms with van der Waals surface area (Å²) in [6.45, 7) is 4.66. The third-order valence-corrected chi connectivity index (χ3v) is 4.69. The van der Waals surface area contributed by atoms with E-state index in [0.717, 1.165) is 15.4 Å². The van der Waals surface area contributed by atoms with Gasteiger partial charge in [-0.25, -0.2) is 9.78 Å². The van der Waals surface area contributed by atoms with E-state index in [4.69, 9.17) is 5.11 Å². The second-order valence-corrected chi connectivity index (χ2v) is 6.15. The number of hydrogen-bond acceptors (Lipinski definition) is 5. The predicted octanol–water partition coefficient (Wildman–Crippen LogP) is 3.06. The number of rotatable bonds is 5. The van der Waals surface area contributed by atoms with Gasteiger partial charge in [0.2, 0.25) is 0 Å². The van der Waals surface area contributed by atoms with Gasteiger partial charge in [-0.3, -0.25) is 0 Å². The van der Waals surface area contributed by atoms with Gasteiger partial charge in [-0.15, -0.1) is 22.7 Å². The minimum atomic E-state index is -0.859. The van der Waals surface area contributed by atoms with E-state index in [0.29, 0.717) is 11.4 Å². The molecule has 2 aromatic heterocycles. The Morgan fingerprint density at radius 3 is 2.94 bits per heavy atom. The summed E-state index contributed by atoms with van der Waals surface area (Å²) in [4.78, 5) is 16.6. The SMILES string of the molecule is Cc1sc(C(=O)O)cc1CNC(C)c1nccs1. The number of aromatic carboxylic acids is 1. The monoisotopic (exact) mass is 282 g/mol. The number of nitrogens with zero attached hydrogens (tertiary/aromatic N) is 1. The lowest BCUT2D eigenvalue weighted by Gasteiger charge is -2.10. The van der Waals surface area contributed by atoms with Gasteiger partial charge in [-0.05, 0) is 25.5 Å². The topological polar surface area (TPSA) is 62.2 Å². The average molecular weight is 282 g/mol. The van der Waals surface area contributed by atoms with Crippen LogP contribution in [0.2, 0.25) is 0 Å². The van der Waals surface area contributed by atoms with Crippen molar-refractivity contribution >= 4 is 28.6 Å². The summed E-state index contributed by atoms with van der Waals surface area (Å²) < 4.78 is 0. The number of thiophene rings is 1. The Morgan fingerprint density at radius 2 is 2.39 bits per heavy atom. The Labute approximate surface area is 113 Å². The van der Waals surface area contributed by atoms with Crippen LogP contribution >= 0.6 is 22.7 Å². The number of hydrogen-bond donors (Lipinski definition) is 2. The van der Waals surface area contributed by atoms with E-state index in [1.807, 2.05) is 12.3 Å². The highest BCUT2D eigenvalue weighted by Crippen LogP contribution is 2.22. The fourth-order valence-corrected chi connectivity index (χ4v) is 3.15. The molecule has 0 saturated heterocycles. The van der Waals surface area contributed by atoms with Crippen molar-refractivity contribution in [3.63, 3.8) is 0 Å². The van der Waals surface area contributed by atoms with E-state index < -0.39 is 5.97 Å². The predicted molar refractivity (Wildman–Crippen MR) is 73.4 cm³/mol. The molecule has 6 heteroatoms. The highest BCUT2D eigenvalue weighted by atomic mass is 32.1. The molecule has 18 heavy (non-hydrogen) atoms.